The Hall–Kier alpha value is -1.87. The van der Waals surface area contributed by atoms with Crippen LogP contribution in [-0.2, 0) is 0 Å². The van der Waals surface area contributed by atoms with Crippen LogP contribution in [0.3, 0.4) is 0 Å². The third kappa shape index (κ3) is 2.34. The summed E-state index contributed by atoms with van der Waals surface area (Å²) in [6, 6.07) is 16.7. The highest BCUT2D eigenvalue weighted by atomic mass is 32.1. The first-order valence-electron chi connectivity index (χ1n) is 6.45. The predicted octanol–water partition coefficient (Wildman–Crippen LogP) is 4.72. The molecule has 2 nitrogen and oxygen atoms in total. The van der Waals surface area contributed by atoms with Gasteiger partial charge in [-0.2, -0.15) is 5.10 Å². The zero-order valence-corrected chi connectivity index (χ0v) is 11.9. The van der Waals surface area contributed by atoms with Crippen LogP contribution in [0.1, 0.15) is 25.5 Å². The minimum atomic E-state index is 0.434. The smallest absolute Gasteiger partial charge is 0.0843 e. The van der Waals surface area contributed by atoms with Crippen molar-refractivity contribution in [3.63, 3.8) is 0 Å². The van der Waals surface area contributed by atoms with Crippen molar-refractivity contribution in [1.82, 2.24) is 9.78 Å². The zero-order valence-electron chi connectivity index (χ0n) is 11.1. The largest absolute Gasteiger partial charge is 0.232 e. The molecule has 0 fully saturated rings. The highest BCUT2D eigenvalue weighted by molar-refractivity contribution is 7.13. The summed E-state index contributed by atoms with van der Waals surface area (Å²) in [7, 11) is 0. The van der Waals surface area contributed by atoms with Gasteiger partial charge < -0.3 is 0 Å². The molecule has 0 saturated carbocycles. The summed E-state index contributed by atoms with van der Waals surface area (Å²) in [4.78, 5) is 1.25. The average Bonchev–Trinajstić information content (AvgIpc) is 3.08. The van der Waals surface area contributed by atoms with Gasteiger partial charge in [-0.25, -0.2) is 4.68 Å². The molecule has 0 bridgehead atoms. The maximum atomic E-state index is 4.76. The van der Waals surface area contributed by atoms with Gasteiger partial charge in [0.25, 0.3) is 0 Å². The van der Waals surface area contributed by atoms with E-state index in [1.54, 1.807) is 11.3 Å². The van der Waals surface area contributed by atoms with E-state index in [4.69, 9.17) is 5.10 Å². The van der Waals surface area contributed by atoms with Crippen molar-refractivity contribution in [3.8, 4) is 16.3 Å². The van der Waals surface area contributed by atoms with Crippen LogP contribution in [0.4, 0.5) is 0 Å². The predicted molar refractivity (Wildman–Crippen MR) is 81.0 cm³/mol. The first-order valence-corrected chi connectivity index (χ1v) is 7.33. The topological polar surface area (TPSA) is 17.8 Å². The Labute approximate surface area is 117 Å². The lowest BCUT2D eigenvalue weighted by molar-refractivity contribution is 0.770. The van der Waals surface area contributed by atoms with Crippen LogP contribution >= 0.6 is 11.3 Å². The third-order valence-electron chi connectivity index (χ3n) is 3.09. The molecule has 1 aromatic carbocycles. The molecule has 19 heavy (non-hydrogen) atoms. The molecule has 2 heterocycles. The number of hydrogen-bond donors (Lipinski definition) is 0. The Balaban J connectivity index is 2.17. The SMILES string of the molecule is CC(C)c1cc(-c2cccs2)n(-c2ccccc2)n1. The van der Waals surface area contributed by atoms with E-state index in [0.29, 0.717) is 5.92 Å². The number of hydrogen-bond acceptors (Lipinski definition) is 2. The Bertz CT molecular complexity index is 651. The van der Waals surface area contributed by atoms with Crippen LogP contribution in [0.2, 0.25) is 0 Å². The van der Waals surface area contributed by atoms with E-state index in [1.807, 2.05) is 22.9 Å². The normalized spacial score (nSPS) is 11.1. The highest BCUT2D eigenvalue weighted by Crippen LogP contribution is 2.29. The summed E-state index contributed by atoms with van der Waals surface area (Å²) in [5.41, 5.74) is 3.41. The summed E-state index contributed by atoms with van der Waals surface area (Å²) in [5, 5.41) is 6.86. The van der Waals surface area contributed by atoms with Crippen LogP contribution in [0.15, 0.2) is 53.9 Å². The van der Waals surface area contributed by atoms with E-state index in [-0.39, 0.29) is 0 Å². The van der Waals surface area contributed by atoms with Gasteiger partial charge in [-0.1, -0.05) is 38.1 Å². The molecule has 0 N–H and O–H groups in total. The Morgan fingerprint density at radius 3 is 2.47 bits per heavy atom. The second kappa shape index (κ2) is 5.02. The van der Waals surface area contributed by atoms with Crippen molar-refractivity contribution in [2.75, 3.05) is 0 Å². The first kappa shape index (κ1) is 12.2. The average molecular weight is 268 g/mol. The molecule has 0 aliphatic carbocycles. The lowest BCUT2D eigenvalue weighted by atomic mass is 10.1. The molecule has 3 rings (SSSR count). The molecule has 0 aliphatic heterocycles. The number of nitrogens with zero attached hydrogens (tertiary/aromatic N) is 2. The van der Waals surface area contributed by atoms with E-state index in [0.717, 1.165) is 11.4 Å². The molecule has 0 radical (unpaired) electrons. The molecule has 3 aromatic rings. The Kier molecular flexibility index (Phi) is 3.22. The molecular formula is C16H16N2S. The molecule has 0 unspecified atom stereocenters. The monoisotopic (exact) mass is 268 g/mol. The maximum Gasteiger partial charge on any atom is 0.0843 e. The van der Waals surface area contributed by atoms with Gasteiger partial charge in [0.15, 0.2) is 0 Å². The number of thiophene rings is 1. The number of benzene rings is 1. The lowest BCUT2D eigenvalue weighted by Crippen LogP contribution is -1.99. The van der Waals surface area contributed by atoms with Crippen molar-refractivity contribution >= 4 is 11.3 Å². The summed E-state index contributed by atoms with van der Waals surface area (Å²) >= 11 is 1.75. The fraction of sp³-hybridized carbons (Fsp3) is 0.188. The van der Waals surface area contributed by atoms with Gasteiger partial charge in [0.05, 0.1) is 22.0 Å². The van der Waals surface area contributed by atoms with Crippen LogP contribution in [0.25, 0.3) is 16.3 Å². The minimum absolute atomic E-state index is 0.434. The number of aromatic nitrogens is 2. The molecular weight excluding hydrogens is 252 g/mol. The van der Waals surface area contributed by atoms with Crippen molar-refractivity contribution in [2.45, 2.75) is 19.8 Å². The standard InChI is InChI=1S/C16H16N2S/c1-12(2)14-11-15(16-9-6-10-19-16)18(17-14)13-7-4-3-5-8-13/h3-12H,1-2H3. The Morgan fingerprint density at radius 2 is 1.84 bits per heavy atom. The van der Waals surface area contributed by atoms with Gasteiger partial charge in [0, 0.05) is 0 Å². The molecule has 0 aliphatic rings. The molecule has 0 atom stereocenters. The van der Waals surface area contributed by atoms with E-state index < -0.39 is 0 Å². The van der Waals surface area contributed by atoms with Gasteiger partial charge >= 0.3 is 0 Å². The van der Waals surface area contributed by atoms with Crippen LogP contribution in [0.5, 0.6) is 0 Å². The summed E-state index contributed by atoms with van der Waals surface area (Å²) in [6.07, 6.45) is 0. The van der Waals surface area contributed by atoms with Crippen molar-refractivity contribution < 1.29 is 0 Å². The maximum absolute atomic E-state index is 4.76. The quantitative estimate of drug-likeness (QED) is 0.672. The van der Waals surface area contributed by atoms with Gasteiger partial charge in [0.2, 0.25) is 0 Å². The van der Waals surface area contributed by atoms with Gasteiger partial charge in [-0.3, -0.25) is 0 Å². The van der Waals surface area contributed by atoms with E-state index in [2.05, 4.69) is 49.6 Å². The Morgan fingerprint density at radius 1 is 1.05 bits per heavy atom. The van der Waals surface area contributed by atoms with Gasteiger partial charge in [-0.15, -0.1) is 11.3 Å². The van der Waals surface area contributed by atoms with Crippen LogP contribution < -0.4 is 0 Å². The molecule has 3 heteroatoms. The van der Waals surface area contributed by atoms with Crippen LogP contribution in [0, 0.1) is 0 Å². The number of rotatable bonds is 3. The highest BCUT2D eigenvalue weighted by Gasteiger charge is 2.13. The second-order valence-electron chi connectivity index (χ2n) is 4.83. The lowest BCUT2D eigenvalue weighted by Gasteiger charge is -2.05. The summed E-state index contributed by atoms with van der Waals surface area (Å²) < 4.78 is 2.04. The van der Waals surface area contributed by atoms with Crippen LogP contribution in [-0.4, -0.2) is 9.78 Å². The summed E-state index contributed by atoms with van der Waals surface area (Å²) in [5.74, 6) is 0.434. The van der Waals surface area contributed by atoms with Gasteiger partial charge in [0.1, 0.15) is 0 Å². The van der Waals surface area contributed by atoms with E-state index >= 15 is 0 Å². The second-order valence-corrected chi connectivity index (χ2v) is 5.78. The summed E-state index contributed by atoms with van der Waals surface area (Å²) in [6.45, 7) is 4.35. The van der Waals surface area contributed by atoms with Crippen molar-refractivity contribution in [2.24, 2.45) is 0 Å². The third-order valence-corrected chi connectivity index (χ3v) is 3.99. The van der Waals surface area contributed by atoms with Crippen molar-refractivity contribution in [3.05, 3.63) is 59.6 Å². The van der Waals surface area contributed by atoms with E-state index in [9.17, 15) is 0 Å². The molecule has 0 amide bonds. The molecule has 0 saturated heterocycles. The fourth-order valence-corrected chi connectivity index (χ4v) is 2.77. The molecule has 2 aromatic heterocycles. The molecule has 96 valence electrons. The molecule has 0 spiro atoms. The minimum Gasteiger partial charge on any atom is -0.232 e. The van der Waals surface area contributed by atoms with Gasteiger partial charge in [-0.05, 0) is 35.6 Å². The first-order chi connectivity index (χ1) is 9.25. The number of para-hydroxylation sites is 1. The fourth-order valence-electron chi connectivity index (χ4n) is 2.05. The van der Waals surface area contributed by atoms with E-state index in [1.165, 1.54) is 10.6 Å². The van der Waals surface area contributed by atoms with Crippen molar-refractivity contribution in [1.29, 1.82) is 0 Å². The zero-order chi connectivity index (χ0) is 13.2.